The second-order valence-corrected chi connectivity index (χ2v) is 2.37. The lowest BCUT2D eigenvalue weighted by molar-refractivity contribution is -0.148. The fourth-order valence-electron chi connectivity index (χ4n) is 0.810. The molecule has 0 fully saturated rings. The Morgan fingerprint density at radius 3 is 2.43 bits per heavy atom. The zero-order chi connectivity index (χ0) is 9.68. The van der Waals surface area contributed by atoms with E-state index >= 15 is 0 Å². The van der Waals surface area contributed by atoms with E-state index in [2.05, 4.69) is 4.74 Å². The van der Waals surface area contributed by atoms with E-state index in [1.54, 1.807) is 24.3 Å². The van der Waals surface area contributed by atoms with Gasteiger partial charge in [-0.1, -0.05) is 18.2 Å². The van der Waals surface area contributed by atoms with Crippen molar-refractivity contribution in [2.75, 3.05) is 7.11 Å². The van der Waals surface area contributed by atoms with E-state index < -0.39 is 12.2 Å². The smallest absolute Gasteiger partial charge is 0.362 e. The highest BCUT2D eigenvalue weighted by molar-refractivity contribution is 5.85. The fourth-order valence-corrected chi connectivity index (χ4v) is 0.810. The van der Waals surface area contributed by atoms with E-state index in [4.69, 9.17) is 10.5 Å². The van der Waals surface area contributed by atoms with Gasteiger partial charge in [0.15, 0.2) is 0 Å². The number of benzene rings is 1. The lowest BCUT2D eigenvalue weighted by Gasteiger charge is -2.11. The molecule has 1 aromatic carbocycles. The standard InChI is InChI=1S/C9H11NO3.ClH/c1-12-9(11)8(10)13-7-5-3-2-4-6-7;/h2-6,8H,10H2,1H3;1H. The molecule has 14 heavy (non-hydrogen) atoms. The molecule has 5 heteroatoms. The molecule has 0 aliphatic heterocycles. The zero-order valence-electron chi connectivity index (χ0n) is 7.67. The van der Waals surface area contributed by atoms with Gasteiger partial charge in [0.1, 0.15) is 5.75 Å². The molecule has 0 aliphatic rings. The van der Waals surface area contributed by atoms with E-state index in [1.807, 2.05) is 6.07 Å². The van der Waals surface area contributed by atoms with Crippen molar-refractivity contribution < 1.29 is 14.3 Å². The topological polar surface area (TPSA) is 61.5 Å². The van der Waals surface area contributed by atoms with Gasteiger partial charge >= 0.3 is 5.97 Å². The van der Waals surface area contributed by atoms with Crippen LogP contribution in [0.1, 0.15) is 0 Å². The molecule has 78 valence electrons. The predicted octanol–water partition coefficient (Wildman–Crippen LogP) is 0.945. The van der Waals surface area contributed by atoms with Crippen LogP contribution in [-0.4, -0.2) is 19.3 Å². The lowest BCUT2D eigenvalue weighted by atomic mass is 10.3. The Morgan fingerprint density at radius 2 is 1.93 bits per heavy atom. The number of para-hydroxylation sites is 1. The summed E-state index contributed by atoms with van der Waals surface area (Å²) in [5.41, 5.74) is 5.36. The highest BCUT2D eigenvalue weighted by Gasteiger charge is 2.14. The molecule has 1 atom stereocenters. The van der Waals surface area contributed by atoms with E-state index in [9.17, 15) is 4.79 Å². The van der Waals surface area contributed by atoms with Crippen LogP contribution in [0.25, 0.3) is 0 Å². The van der Waals surface area contributed by atoms with Crippen LogP contribution in [0.15, 0.2) is 30.3 Å². The molecule has 0 saturated heterocycles. The number of halogens is 1. The molecule has 0 aromatic heterocycles. The molecule has 1 aromatic rings. The van der Waals surface area contributed by atoms with Gasteiger partial charge in [-0.15, -0.1) is 12.4 Å². The van der Waals surface area contributed by atoms with Gasteiger partial charge < -0.3 is 9.47 Å². The number of nitrogens with two attached hydrogens (primary N) is 1. The van der Waals surface area contributed by atoms with Gasteiger partial charge in [-0.25, -0.2) is 4.79 Å². The lowest BCUT2D eigenvalue weighted by Crippen LogP contribution is -2.37. The molecular formula is C9H12ClNO3. The Bertz CT molecular complexity index is 279. The summed E-state index contributed by atoms with van der Waals surface area (Å²) in [6.45, 7) is 0. The number of carbonyl (C=O) groups excluding carboxylic acids is 1. The van der Waals surface area contributed by atoms with E-state index in [1.165, 1.54) is 7.11 Å². The van der Waals surface area contributed by atoms with Crippen LogP contribution in [0.2, 0.25) is 0 Å². The fraction of sp³-hybridized carbons (Fsp3) is 0.222. The summed E-state index contributed by atoms with van der Waals surface area (Å²) in [6, 6.07) is 8.85. The molecule has 2 N–H and O–H groups in total. The van der Waals surface area contributed by atoms with Crippen molar-refractivity contribution in [1.82, 2.24) is 0 Å². The summed E-state index contributed by atoms with van der Waals surface area (Å²) in [5, 5.41) is 0. The minimum atomic E-state index is -1.06. The molecule has 0 aliphatic carbocycles. The van der Waals surface area contributed by atoms with Crippen LogP contribution >= 0.6 is 12.4 Å². The molecule has 4 nitrogen and oxygen atoms in total. The average Bonchev–Trinajstić information content (AvgIpc) is 2.18. The largest absolute Gasteiger partial charge is 0.465 e. The van der Waals surface area contributed by atoms with Crippen molar-refractivity contribution in [2.45, 2.75) is 6.23 Å². The van der Waals surface area contributed by atoms with Crippen LogP contribution in [0, 0.1) is 0 Å². The maximum absolute atomic E-state index is 10.8. The Kier molecular flexibility index (Phi) is 5.67. The van der Waals surface area contributed by atoms with Crippen LogP contribution in [0.4, 0.5) is 0 Å². The quantitative estimate of drug-likeness (QED) is 0.605. The van der Waals surface area contributed by atoms with Gasteiger partial charge in [-0.2, -0.15) is 0 Å². The number of rotatable bonds is 3. The third kappa shape index (κ3) is 3.64. The first kappa shape index (κ1) is 12.7. The van der Waals surface area contributed by atoms with Crippen LogP contribution in [0.5, 0.6) is 5.75 Å². The Morgan fingerprint density at radius 1 is 1.36 bits per heavy atom. The van der Waals surface area contributed by atoms with Gasteiger partial charge in [0, 0.05) is 0 Å². The van der Waals surface area contributed by atoms with Gasteiger partial charge in [0.25, 0.3) is 0 Å². The summed E-state index contributed by atoms with van der Waals surface area (Å²) < 4.78 is 9.47. The summed E-state index contributed by atoms with van der Waals surface area (Å²) in [5.74, 6) is -0.0516. The minimum absolute atomic E-state index is 0. The maximum Gasteiger partial charge on any atom is 0.362 e. The van der Waals surface area contributed by atoms with E-state index in [0.29, 0.717) is 5.75 Å². The summed E-state index contributed by atoms with van der Waals surface area (Å²) in [7, 11) is 1.26. The summed E-state index contributed by atoms with van der Waals surface area (Å²) >= 11 is 0. The van der Waals surface area contributed by atoms with Crippen LogP contribution in [0.3, 0.4) is 0 Å². The molecule has 0 bridgehead atoms. The first-order valence-electron chi connectivity index (χ1n) is 3.79. The third-order valence-electron chi connectivity index (χ3n) is 1.44. The summed E-state index contributed by atoms with van der Waals surface area (Å²) in [6.07, 6.45) is -1.06. The summed E-state index contributed by atoms with van der Waals surface area (Å²) in [4.78, 5) is 10.8. The van der Waals surface area contributed by atoms with Gasteiger partial charge in [-0.05, 0) is 12.1 Å². The number of esters is 1. The Labute approximate surface area is 88.4 Å². The second kappa shape index (κ2) is 6.23. The molecule has 0 radical (unpaired) electrons. The van der Waals surface area contributed by atoms with Crippen molar-refractivity contribution in [3.05, 3.63) is 30.3 Å². The molecule has 0 amide bonds. The van der Waals surface area contributed by atoms with Crippen molar-refractivity contribution >= 4 is 18.4 Å². The highest BCUT2D eigenvalue weighted by atomic mass is 35.5. The molecule has 0 saturated carbocycles. The molecular weight excluding hydrogens is 206 g/mol. The number of methoxy groups -OCH3 is 1. The number of carbonyl (C=O) groups is 1. The number of hydrogen-bond donors (Lipinski definition) is 1. The molecule has 1 unspecified atom stereocenters. The normalized spacial score (nSPS) is 11.0. The second-order valence-electron chi connectivity index (χ2n) is 2.37. The van der Waals surface area contributed by atoms with E-state index in [-0.39, 0.29) is 12.4 Å². The molecule has 1 rings (SSSR count). The van der Waals surface area contributed by atoms with Gasteiger partial charge in [0.2, 0.25) is 6.23 Å². The average molecular weight is 218 g/mol. The molecule has 0 spiro atoms. The van der Waals surface area contributed by atoms with Crippen molar-refractivity contribution in [2.24, 2.45) is 5.73 Å². The first-order chi connectivity index (χ1) is 6.24. The minimum Gasteiger partial charge on any atom is -0.465 e. The SMILES string of the molecule is COC(=O)C(N)Oc1ccccc1.Cl. The number of ether oxygens (including phenoxy) is 2. The zero-order valence-corrected chi connectivity index (χ0v) is 8.49. The maximum atomic E-state index is 10.8. The van der Waals surface area contributed by atoms with Crippen molar-refractivity contribution in [3.63, 3.8) is 0 Å². The van der Waals surface area contributed by atoms with Crippen molar-refractivity contribution in [3.8, 4) is 5.75 Å². The van der Waals surface area contributed by atoms with Crippen LogP contribution < -0.4 is 10.5 Å². The first-order valence-corrected chi connectivity index (χ1v) is 3.79. The highest BCUT2D eigenvalue weighted by Crippen LogP contribution is 2.09. The third-order valence-corrected chi connectivity index (χ3v) is 1.44. The molecule has 0 heterocycles. The Hall–Kier alpha value is -1.26. The Balaban J connectivity index is 0.00000169. The van der Waals surface area contributed by atoms with Gasteiger partial charge in [-0.3, -0.25) is 5.73 Å². The van der Waals surface area contributed by atoms with E-state index in [0.717, 1.165) is 0 Å². The number of hydrogen-bond acceptors (Lipinski definition) is 4. The van der Waals surface area contributed by atoms with Crippen LogP contribution in [-0.2, 0) is 9.53 Å². The monoisotopic (exact) mass is 217 g/mol. The van der Waals surface area contributed by atoms with Crippen molar-refractivity contribution in [1.29, 1.82) is 0 Å². The van der Waals surface area contributed by atoms with Gasteiger partial charge in [0.05, 0.1) is 7.11 Å². The predicted molar refractivity (Wildman–Crippen MR) is 54.3 cm³/mol.